The van der Waals surface area contributed by atoms with Gasteiger partial charge in [0.1, 0.15) is 0 Å². The fraction of sp³-hybridized carbons (Fsp3) is 0.500. The molecule has 1 aliphatic rings. The summed E-state index contributed by atoms with van der Waals surface area (Å²) in [4.78, 5) is 12.1. The van der Waals surface area contributed by atoms with E-state index in [1.54, 1.807) is 24.3 Å². The highest BCUT2D eigenvalue weighted by atomic mass is 32.2. The van der Waals surface area contributed by atoms with Crippen LogP contribution in [0.25, 0.3) is 0 Å². The van der Waals surface area contributed by atoms with Crippen LogP contribution in [0.5, 0.6) is 0 Å². The van der Waals surface area contributed by atoms with Gasteiger partial charge in [-0.25, -0.2) is 8.42 Å². The van der Waals surface area contributed by atoms with Gasteiger partial charge in [0.25, 0.3) is 0 Å². The molecule has 1 amide bonds. The zero-order valence-electron chi connectivity index (χ0n) is 12.1. The van der Waals surface area contributed by atoms with Crippen molar-refractivity contribution in [3.63, 3.8) is 0 Å². The molecule has 116 valence electrons. The molecule has 0 aliphatic carbocycles. The first-order valence-electron chi connectivity index (χ1n) is 7.01. The Hall–Kier alpha value is -1.60. The van der Waals surface area contributed by atoms with Crippen molar-refractivity contribution in [1.29, 1.82) is 0 Å². The van der Waals surface area contributed by atoms with Crippen LogP contribution in [-0.2, 0) is 14.8 Å². The first-order valence-corrected chi connectivity index (χ1v) is 8.90. The molecule has 1 heterocycles. The van der Waals surface area contributed by atoms with Crippen LogP contribution in [0.4, 0.5) is 11.4 Å². The predicted molar refractivity (Wildman–Crippen MR) is 83.7 cm³/mol. The number of para-hydroxylation sites is 2. The van der Waals surface area contributed by atoms with E-state index in [4.69, 9.17) is 0 Å². The third-order valence-corrected chi connectivity index (χ3v) is 3.96. The number of amides is 1. The van der Waals surface area contributed by atoms with Gasteiger partial charge in [0.15, 0.2) is 0 Å². The minimum absolute atomic E-state index is 0.0912. The normalized spacial score (nSPS) is 19.0. The number of hydrogen-bond acceptors (Lipinski definition) is 4. The van der Waals surface area contributed by atoms with Crippen molar-refractivity contribution in [1.82, 2.24) is 5.32 Å². The van der Waals surface area contributed by atoms with Crippen molar-refractivity contribution in [3.8, 4) is 0 Å². The molecule has 6 nitrogen and oxygen atoms in total. The Morgan fingerprint density at radius 2 is 2.05 bits per heavy atom. The topological polar surface area (TPSA) is 87.3 Å². The number of anilines is 2. The van der Waals surface area contributed by atoms with Gasteiger partial charge in [0, 0.05) is 6.42 Å². The highest BCUT2D eigenvalue weighted by Gasteiger charge is 2.17. The number of nitrogens with one attached hydrogen (secondary N) is 3. The lowest BCUT2D eigenvalue weighted by atomic mass is 9.96. The van der Waals surface area contributed by atoms with Crippen molar-refractivity contribution in [2.45, 2.75) is 19.3 Å². The van der Waals surface area contributed by atoms with Crippen molar-refractivity contribution in [3.05, 3.63) is 24.3 Å². The second-order valence-electron chi connectivity index (χ2n) is 5.38. The molecule has 1 aromatic rings. The highest BCUT2D eigenvalue weighted by Crippen LogP contribution is 2.23. The molecule has 0 saturated carbocycles. The lowest BCUT2D eigenvalue weighted by Gasteiger charge is -2.22. The number of carbonyl (C=O) groups excluding carboxylic acids is 1. The predicted octanol–water partition coefficient (Wildman–Crippen LogP) is 1.39. The fourth-order valence-electron chi connectivity index (χ4n) is 2.44. The Balaban J connectivity index is 2.00. The van der Waals surface area contributed by atoms with Crippen LogP contribution in [0.2, 0.25) is 0 Å². The second-order valence-corrected chi connectivity index (χ2v) is 7.13. The maximum Gasteiger partial charge on any atom is 0.229 e. The minimum Gasteiger partial charge on any atom is -0.324 e. The van der Waals surface area contributed by atoms with E-state index in [0.29, 0.717) is 23.7 Å². The van der Waals surface area contributed by atoms with E-state index in [0.717, 1.165) is 32.2 Å². The van der Waals surface area contributed by atoms with Crippen LogP contribution in [0.15, 0.2) is 24.3 Å². The van der Waals surface area contributed by atoms with Crippen molar-refractivity contribution in [2.24, 2.45) is 5.92 Å². The summed E-state index contributed by atoms with van der Waals surface area (Å²) in [5, 5.41) is 6.06. The maximum atomic E-state index is 12.1. The van der Waals surface area contributed by atoms with Gasteiger partial charge in [-0.1, -0.05) is 12.1 Å². The van der Waals surface area contributed by atoms with Crippen LogP contribution < -0.4 is 15.4 Å². The van der Waals surface area contributed by atoms with E-state index >= 15 is 0 Å². The summed E-state index contributed by atoms with van der Waals surface area (Å²) < 4.78 is 25.1. The highest BCUT2D eigenvalue weighted by molar-refractivity contribution is 7.92. The van der Waals surface area contributed by atoms with Crippen LogP contribution in [0.3, 0.4) is 0 Å². The molecule has 1 unspecified atom stereocenters. The number of piperidine rings is 1. The SMILES string of the molecule is CS(=O)(=O)Nc1ccccc1NC(=O)CC1CCCNC1. The van der Waals surface area contributed by atoms with Gasteiger partial charge in [0.05, 0.1) is 17.6 Å². The van der Waals surface area contributed by atoms with Gasteiger partial charge in [-0.3, -0.25) is 9.52 Å². The van der Waals surface area contributed by atoms with E-state index in [9.17, 15) is 13.2 Å². The summed E-state index contributed by atoms with van der Waals surface area (Å²) in [6, 6.07) is 6.78. The van der Waals surface area contributed by atoms with Crippen LogP contribution in [0.1, 0.15) is 19.3 Å². The standard InChI is InChI=1S/C14H21N3O3S/c1-21(19,20)17-13-7-3-2-6-12(13)16-14(18)9-11-5-4-8-15-10-11/h2-3,6-7,11,15,17H,4-5,8-10H2,1H3,(H,16,18). The molecule has 1 fully saturated rings. The number of benzene rings is 1. The number of sulfonamides is 1. The maximum absolute atomic E-state index is 12.1. The van der Waals surface area contributed by atoms with Crippen LogP contribution >= 0.6 is 0 Å². The van der Waals surface area contributed by atoms with Gasteiger partial charge < -0.3 is 10.6 Å². The lowest BCUT2D eigenvalue weighted by molar-refractivity contribution is -0.117. The Morgan fingerprint density at radius 1 is 1.33 bits per heavy atom. The molecular weight excluding hydrogens is 290 g/mol. The summed E-state index contributed by atoms with van der Waals surface area (Å²) in [5.41, 5.74) is 0.867. The molecule has 0 radical (unpaired) electrons. The Bertz CT molecular complexity index is 595. The van der Waals surface area contributed by atoms with Gasteiger partial charge in [-0.2, -0.15) is 0 Å². The molecule has 0 bridgehead atoms. The molecular formula is C14H21N3O3S. The Labute approximate surface area is 125 Å². The summed E-state index contributed by atoms with van der Waals surface area (Å²) in [6.45, 7) is 1.87. The first-order chi connectivity index (χ1) is 9.94. The zero-order valence-corrected chi connectivity index (χ0v) is 12.9. The quantitative estimate of drug-likeness (QED) is 0.767. The second kappa shape index (κ2) is 6.91. The molecule has 2 rings (SSSR count). The lowest BCUT2D eigenvalue weighted by Crippen LogP contribution is -2.32. The minimum atomic E-state index is -3.37. The van der Waals surface area contributed by atoms with Crippen molar-refractivity contribution < 1.29 is 13.2 Å². The average Bonchev–Trinajstić information content (AvgIpc) is 2.40. The van der Waals surface area contributed by atoms with Gasteiger partial charge in [-0.05, 0) is 44.0 Å². The zero-order chi connectivity index (χ0) is 15.3. The Kier molecular flexibility index (Phi) is 5.19. The van der Waals surface area contributed by atoms with Crippen LogP contribution in [0, 0.1) is 5.92 Å². The fourth-order valence-corrected chi connectivity index (χ4v) is 3.02. The van der Waals surface area contributed by atoms with Gasteiger partial charge >= 0.3 is 0 Å². The van der Waals surface area contributed by atoms with E-state index in [-0.39, 0.29) is 5.91 Å². The van der Waals surface area contributed by atoms with E-state index in [1.165, 1.54) is 0 Å². The Morgan fingerprint density at radius 3 is 2.67 bits per heavy atom. The van der Waals surface area contributed by atoms with E-state index < -0.39 is 10.0 Å². The third kappa shape index (κ3) is 5.35. The molecule has 21 heavy (non-hydrogen) atoms. The molecule has 0 spiro atoms. The monoisotopic (exact) mass is 311 g/mol. The summed E-state index contributed by atoms with van der Waals surface area (Å²) >= 11 is 0. The molecule has 7 heteroatoms. The molecule has 1 aliphatic heterocycles. The molecule has 1 aromatic carbocycles. The summed E-state index contributed by atoms with van der Waals surface area (Å²) in [6.07, 6.45) is 3.66. The number of carbonyl (C=O) groups is 1. The van der Waals surface area contributed by atoms with Crippen LogP contribution in [-0.4, -0.2) is 33.7 Å². The van der Waals surface area contributed by atoms with Crippen molar-refractivity contribution in [2.75, 3.05) is 29.4 Å². The third-order valence-electron chi connectivity index (χ3n) is 3.37. The number of hydrogen-bond donors (Lipinski definition) is 3. The summed E-state index contributed by atoms with van der Waals surface area (Å²) in [7, 11) is -3.37. The molecule has 0 aromatic heterocycles. The average molecular weight is 311 g/mol. The molecule has 1 saturated heterocycles. The van der Waals surface area contributed by atoms with Gasteiger partial charge in [0.2, 0.25) is 15.9 Å². The smallest absolute Gasteiger partial charge is 0.229 e. The van der Waals surface area contributed by atoms with E-state index in [2.05, 4.69) is 15.4 Å². The molecule has 1 atom stereocenters. The summed E-state index contributed by atoms with van der Waals surface area (Å²) in [5.74, 6) is 0.250. The number of rotatable bonds is 5. The van der Waals surface area contributed by atoms with Gasteiger partial charge in [-0.15, -0.1) is 0 Å². The largest absolute Gasteiger partial charge is 0.324 e. The molecule has 3 N–H and O–H groups in total. The van der Waals surface area contributed by atoms with Crippen molar-refractivity contribution >= 4 is 27.3 Å². The first kappa shape index (κ1) is 15.8. The van der Waals surface area contributed by atoms with E-state index in [1.807, 2.05) is 0 Å².